The van der Waals surface area contributed by atoms with Gasteiger partial charge in [-0.3, -0.25) is 9.48 Å². The fraction of sp³-hybridized carbons (Fsp3) is 0.421. The first-order valence-electron chi connectivity index (χ1n) is 8.99. The summed E-state index contributed by atoms with van der Waals surface area (Å²) in [6, 6.07) is 10.4. The van der Waals surface area contributed by atoms with Gasteiger partial charge < -0.3 is 14.2 Å². The van der Waals surface area contributed by atoms with Crippen LogP contribution in [0, 0.1) is 13.8 Å². The Balaban J connectivity index is 1.42. The number of hydrogen-bond acceptors (Lipinski definition) is 5. The monoisotopic (exact) mass is 353 g/mol. The van der Waals surface area contributed by atoms with Crippen molar-refractivity contribution in [1.29, 1.82) is 0 Å². The van der Waals surface area contributed by atoms with E-state index in [1.54, 1.807) is 4.68 Å². The molecule has 26 heavy (non-hydrogen) atoms. The highest BCUT2D eigenvalue weighted by atomic mass is 16.4. The van der Waals surface area contributed by atoms with E-state index in [0.29, 0.717) is 19.1 Å². The molecule has 0 aliphatic carbocycles. The van der Waals surface area contributed by atoms with Gasteiger partial charge in [0.25, 0.3) is 6.01 Å². The molecule has 2 aromatic heterocycles. The number of carbonyl (C=O) groups excluding carboxylic acids is 1. The number of fused-ring (bicyclic) bond motifs is 1. The summed E-state index contributed by atoms with van der Waals surface area (Å²) in [6.07, 6.45) is 0.890. The Bertz CT molecular complexity index is 896. The molecule has 4 rings (SSSR count). The van der Waals surface area contributed by atoms with Crippen LogP contribution in [-0.4, -0.2) is 51.8 Å². The average molecular weight is 353 g/mol. The topological polar surface area (TPSA) is 67.4 Å². The van der Waals surface area contributed by atoms with Crippen LogP contribution >= 0.6 is 0 Å². The predicted molar refractivity (Wildman–Crippen MR) is 99.1 cm³/mol. The largest absolute Gasteiger partial charge is 0.423 e. The van der Waals surface area contributed by atoms with Crippen LogP contribution in [-0.2, 0) is 11.3 Å². The molecule has 1 aliphatic rings. The number of rotatable bonds is 3. The summed E-state index contributed by atoms with van der Waals surface area (Å²) in [5.74, 6) is 0.107. The van der Waals surface area contributed by atoms with Gasteiger partial charge in [-0.2, -0.15) is 10.1 Å². The van der Waals surface area contributed by atoms with Gasteiger partial charge in [0.1, 0.15) is 12.1 Å². The van der Waals surface area contributed by atoms with E-state index in [-0.39, 0.29) is 5.91 Å². The zero-order valence-corrected chi connectivity index (χ0v) is 15.2. The number of para-hydroxylation sites is 2. The summed E-state index contributed by atoms with van der Waals surface area (Å²) in [4.78, 5) is 21.3. The molecule has 1 aliphatic heterocycles. The van der Waals surface area contributed by atoms with Crippen molar-refractivity contribution >= 4 is 23.0 Å². The molecule has 7 heteroatoms. The first kappa shape index (κ1) is 16.6. The molecule has 0 unspecified atom stereocenters. The van der Waals surface area contributed by atoms with Gasteiger partial charge in [0.15, 0.2) is 5.58 Å². The maximum atomic E-state index is 12.7. The van der Waals surface area contributed by atoms with Crippen molar-refractivity contribution in [2.24, 2.45) is 0 Å². The molecule has 0 N–H and O–H groups in total. The molecule has 0 bridgehead atoms. The van der Waals surface area contributed by atoms with Crippen LogP contribution in [0.5, 0.6) is 0 Å². The Morgan fingerprint density at radius 3 is 2.77 bits per heavy atom. The molecular weight excluding hydrogens is 330 g/mol. The minimum Gasteiger partial charge on any atom is -0.423 e. The minimum absolute atomic E-state index is 0.107. The molecule has 7 nitrogen and oxygen atoms in total. The Hall–Kier alpha value is -2.83. The third-order valence-corrected chi connectivity index (χ3v) is 4.79. The summed E-state index contributed by atoms with van der Waals surface area (Å²) in [7, 11) is 0. The van der Waals surface area contributed by atoms with Crippen LogP contribution in [0.2, 0.25) is 0 Å². The zero-order chi connectivity index (χ0) is 18.1. The molecule has 0 saturated carbocycles. The van der Waals surface area contributed by atoms with Gasteiger partial charge in [-0.05, 0) is 38.5 Å². The van der Waals surface area contributed by atoms with E-state index < -0.39 is 0 Å². The molecule has 1 amide bonds. The molecule has 3 heterocycles. The van der Waals surface area contributed by atoms with E-state index in [2.05, 4.69) is 15.0 Å². The van der Waals surface area contributed by atoms with Gasteiger partial charge in [-0.1, -0.05) is 12.1 Å². The van der Waals surface area contributed by atoms with Gasteiger partial charge >= 0.3 is 0 Å². The lowest BCUT2D eigenvalue weighted by atomic mass is 10.3. The van der Waals surface area contributed by atoms with E-state index >= 15 is 0 Å². The number of aromatic nitrogens is 3. The van der Waals surface area contributed by atoms with Crippen LogP contribution in [0.1, 0.15) is 17.8 Å². The SMILES string of the molecule is Cc1cc(C)n(CC(=O)N2CCCN(c3nc4ccccc4o3)CC2)n1. The standard InChI is InChI=1S/C19H23N5O2/c1-14-12-15(2)24(21-14)13-18(25)22-8-5-9-23(11-10-22)19-20-16-6-3-4-7-17(16)26-19/h3-4,6-7,12H,5,8-11,13H2,1-2H3. The number of hydrogen-bond donors (Lipinski definition) is 0. The van der Waals surface area contributed by atoms with Crippen molar-refractivity contribution in [3.05, 3.63) is 41.7 Å². The van der Waals surface area contributed by atoms with Crippen molar-refractivity contribution in [3.8, 4) is 0 Å². The highest BCUT2D eigenvalue weighted by Gasteiger charge is 2.22. The molecule has 0 radical (unpaired) electrons. The van der Waals surface area contributed by atoms with Crippen LogP contribution in [0.15, 0.2) is 34.7 Å². The van der Waals surface area contributed by atoms with E-state index in [9.17, 15) is 4.79 Å². The summed E-state index contributed by atoms with van der Waals surface area (Å²) in [6.45, 7) is 7.17. The average Bonchev–Trinajstić information content (AvgIpc) is 3.08. The third-order valence-electron chi connectivity index (χ3n) is 4.79. The van der Waals surface area contributed by atoms with Gasteiger partial charge in [0.2, 0.25) is 5.91 Å². The van der Waals surface area contributed by atoms with E-state index in [0.717, 1.165) is 48.5 Å². The van der Waals surface area contributed by atoms with Crippen molar-refractivity contribution < 1.29 is 9.21 Å². The van der Waals surface area contributed by atoms with Crippen molar-refractivity contribution in [1.82, 2.24) is 19.7 Å². The smallest absolute Gasteiger partial charge is 0.298 e. The molecule has 0 atom stereocenters. The lowest BCUT2D eigenvalue weighted by Crippen LogP contribution is -2.37. The lowest BCUT2D eigenvalue weighted by Gasteiger charge is -2.21. The number of oxazole rings is 1. The zero-order valence-electron chi connectivity index (χ0n) is 15.2. The molecular formula is C19H23N5O2. The van der Waals surface area contributed by atoms with Gasteiger partial charge in [-0.25, -0.2) is 0 Å². The quantitative estimate of drug-likeness (QED) is 0.723. The number of amides is 1. The first-order valence-corrected chi connectivity index (χ1v) is 8.99. The Labute approximate surface area is 152 Å². The number of carbonyl (C=O) groups is 1. The van der Waals surface area contributed by atoms with E-state index in [4.69, 9.17) is 4.42 Å². The summed E-state index contributed by atoms with van der Waals surface area (Å²) in [5, 5.41) is 4.39. The fourth-order valence-electron chi connectivity index (χ4n) is 3.42. The second-order valence-corrected chi connectivity index (χ2v) is 6.77. The molecule has 1 fully saturated rings. The normalized spacial score (nSPS) is 15.5. The highest BCUT2D eigenvalue weighted by Crippen LogP contribution is 2.22. The number of anilines is 1. The summed E-state index contributed by atoms with van der Waals surface area (Å²) < 4.78 is 7.65. The maximum absolute atomic E-state index is 12.7. The molecule has 1 saturated heterocycles. The first-order chi connectivity index (χ1) is 12.6. The number of benzene rings is 1. The van der Waals surface area contributed by atoms with Gasteiger partial charge in [-0.15, -0.1) is 0 Å². The predicted octanol–water partition coefficient (Wildman–Crippen LogP) is 2.38. The number of aryl methyl sites for hydroxylation is 2. The van der Waals surface area contributed by atoms with Crippen LogP contribution < -0.4 is 4.90 Å². The Morgan fingerprint density at radius 2 is 2.00 bits per heavy atom. The van der Waals surface area contributed by atoms with Crippen molar-refractivity contribution in [3.63, 3.8) is 0 Å². The summed E-state index contributed by atoms with van der Waals surface area (Å²) in [5.41, 5.74) is 3.61. The lowest BCUT2D eigenvalue weighted by molar-refractivity contribution is -0.131. The van der Waals surface area contributed by atoms with Crippen LogP contribution in [0.4, 0.5) is 6.01 Å². The van der Waals surface area contributed by atoms with Gasteiger partial charge in [0.05, 0.1) is 5.69 Å². The van der Waals surface area contributed by atoms with E-state index in [1.165, 1.54) is 0 Å². The minimum atomic E-state index is 0.107. The third kappa shape index (κ3) is 3.29. The van der Waals surface area contributed by atoms with Gasteiger partial charge in [0, 0.05) is 31.9 Å². The van der Waals surface area contributed by atoms with Crippen molar-refractivity contribution in [2.45, 2.75) is 26.8 Å². The molecule has 0 spiro atoms. The Kier molecular flexibility index (Phi) is 4.36. The highest BCUT2D eigenvalue weighted by molar-refractivity contribution is 5.76. The van der Waals surface area contributed by atoms with Crippen LogP contribution in [0.25, 0.3) is 11.1 Å². The second-order valence-electron chi connectivity index (χ2n) is 6.77. The van der Waals surface area contributed by atoms with Crippen LogP contribution in [0.3, 0.4) is 0 Å². The van der Waals surface area contributed by atoms with Crippen molar-refractivity contribution in [2.75, 3.05) is 31.1 Å². The Morgan fingerprint density at radius 1 is 1.15 bits per heavy atom. The number of nitrogens with zero attached hydrogens (tertiary/aromatic N) is 5. The second kappa shape index (κ2) is 6.82. The maximum Gasteiger partial charge on any atom is 0.298 e. The van der Waals surface area contributed by atoms with E-state index in [1.807, 2.05) is 49.1 Å². The molecule has 136 valence electrons. The molecule has 3 aromatic rings. The molecule has 1 aromatic carbocycles. The fourth-order valence-corrected chi connectivity index (χ4v) is 3.42. The summed E-state index contributed by atoms with van der Waals surface area (Å²) >= 11 is 0.